The van der Waals surface area contributed by atoms with Crippen molar-refractivity contribution in [2.45, 2.75) is 45.6 Å². The Kier molecular flexibility index (Phi) is 5.02. The predicted octanol–water partition coefficient (Wildman–Crippen LogP) is 4.40. The highest BCUT2D eigenvalue weighted by molar-refractivity contribution is 5.87. The summed E-state index contributed by atoms with van der Waals surface area (Å²) >= 11 is 0. The zero-order chi connectivity index (χ0) is 16.2. The molecule has 0 spiro atoms. The molecule has 0 aliphatic rings. The summed E-state index contributed by atoms with van der Waals surface area (Å²) in [5.74, 6) is 0.0470. The molecule has 1 atom stereocenters. The maximum absolute atomic E-state index is 12.7. The molecule has 1 amide bonds. The number of hydrogen-bond acceptors (Lipinski definition) is 1. The zero-order valence-electron chi connectivity index (χ0n) is 13.9. The molecule has 22 heavy (non-hydrogen) atoms. The van der Waals surface area contributed by atoms with Gasteiger partial charge in [-0.05, 0) is 43.9 Å². The largest absolute Gasteiger partial charge is 0.349 e. The minimum Gasteiger partial charge on any atom is -0.349 e. The Bertz CT molecular complexity index is 614. The highest BCUT2D eigenvalue weighted by Crippen LogP contribution is 2.24. The van der Waals surface area contributed by atoms with Crippen molar-refractivity contribution in [3.63, 3.8) is 0 Å². The van der Waals surface area contributed by atoms with Crippen LogP contribution < -0.4 is 5.32 Å². The molecule has 2 heteroatoms. The van der Waals surface area contributed by atoms with Crippen LogP contribution in [0.25, 0.3) is 0 Å². The van der Waals surface area contributed by atoms with Crippen molar-refractivity contribution in [2.24, 2.45) is 0 Å². The van der Waals surface area contributed by atoms with Gasteiger partial charge in [-0.15, -0.1) is 0 Å². The van der Waals surface area contributed by atoms with Crippen LogP contribution >= 0.6 is 0 Å². The van der Waals surface area contributed by atoms with Crippen molar-refractivity contribution in [1.29, 1.82) is 0 Å². The van der Waals surface area contributed by atoms with Crippen LogP contribution in [0.5, 0.6) is 0 Å². The fourth-order valence-corrected chi connectivity index (χ4v) is 2.49. The van der Waals surface area contributed by atoms with Crippen molar-refractivity contribution in [1.82, 2.24) is 5.32 Å². The lowest BCUT2D eigenvalue weighted by atomic mass is 9.83. The number of carbonyl (C=O) groups is 1. The van der Waals surface area contributed by atoms with E-state index in [2.05, 4.69) is 36.5 Å². The number of rotatable bonds is 5. The average molecular weight is 295 g/mol. The van der Waals surface area contributed by atoms with Gasteiger partial charge in [0.2, 0.25) is 5.91 Å². The van der Waals surface area contributed by atoms with E-state index in [4.69, 9.17) is 0 Å². The summed E-state index contributed by atoms with van der Waals surface area (Å²) in [6.07, 6.45) is 1.03. The maximum Gasteiger partial charge on any atom is 0.230 e. The molecule has 1 N–H and O–H groups in total. The highest BCUT2D eigenvalue weighted by Gasteiger charge is 2.30. The van der Waals surface area contributed by atoms with Crippen molar-refractivity contribution in [3.05, 3.63) is 71.3 Å². The molecule has 0 saturated carbocycles. The van der Waals surface area contributed by atoms with Gasteiger partial charge in [0.25, 0.3) is 0 Å². The van der Waals surface area contributed by atoms with Crippen LogP contribution in [0.2, 0.25) is 0 Å². The Balaban J connectivity index is 2.10. The molecule has 2 nitrogen and oxygen atoms in total. The van der Waals surface area contributed by atoms with Gasteiger partial charge >= 0.3 is 0 Å². The van der Waals surface area contributed by atoms with Crippen molar-refractivity contribution < 1.29 is 4.79 Å². The number of aryl methyl sites for hydroxylation is 1. The van der Waals surface area contributed by atoms with E-state index in [1.54, 1.807) is 0 Å². The second kappa shape index (κ2) is 6.78. The van der Waals surface area contributed by atoms with Gasteiger partial charge in [0.15, 0.2) is 0 Å². The first-order chi connectivity index (χ1) is 10.4. The molecular formula is C20H25NO. The van der Waals surface area contributed by atoms with Gasteiger partial charge in [0, 0.05) is 0 Å². The van der Waals surface area contributed by atoms with Crippen LogP contribution in [-0.4, -0.2) is 5.91 Å². The molecule has 0 bridgehead atoms. The van der Waals surface area contributed by atoms with Crippen LogP contribution in [-0.2, 0) is 16.6 Å². The molecule has 0 saturated heterocycles. The minimum absolute atomic E-state index is 0.00129. The van der Waals surface area contributed by atoms with Gasteiger partial charge in [-0.25, -0.2) is 0 Å². The summed E-state index contributed by atoms with van der Waals surface area (Å²) in [4.78, 5) is 12.7. The summed E-state index contributed by atoms with van der Waals surface area (Å²) in [6, 6.07) is 18.4. The Morgan fingerprint density at radius 3 is 2.18 bits per heavy atom. The molecule has 0 aromatic heterocycles. The number of carbonyl (C=O) groups excluding carboxylic acids is 1. The Morgan fingerprint density at radius 2 is 1.64 bits per heavy atom. The lowest BCUT2D eigenvalue weighted by Gasteiger charge is -2.26. The van der Waals surface area contributed by atoms with Gasteiger partial charge in [-0.2, -0.15) is 0 Å². The molecule has 0 aliphatic carbocycles. The van der Waals surface area contributed by atoms with Gasteiger partial charge in [-0.1, -0.05) is 61.5 Å². The molecule has 2 aromatic rings. The third kappa shape index (κ3) is 3.56. The SMILES string of the molecule is CCc1ccc(C(C)NC(=O)C(C)(C)c2ccccc2)cc1. The first kappa shape index (κ1) is 16.3. The fourth-order valence-electron chi connectivity index (χ4n) is 2.49. The van der Waals surface area contributed by atoms with Crippen LogP contribution in [0, 0.1) is 0 Å². The standard InChI is InChI=1S/C20H25NO/c1-5-16-11-13-17(14-12-16)15(2)21-19(22)20(3,4)18-9-7-6-8-10-18/h6-15H,5H2,1-4H3,(H,21,22). The topological polar surface area (TPSA) is 29.1 Å². The smallest absolute Gasteiger partial charge is 0.230 e. The third-order valence-electron chi connectivity index (χ3n) is 4.30. The third-order valence-corrected chi connectivity index (χ3v) is 4.30. The lowest BCUT2D eigenvalue weighted by Crippen LogP contribution is -2.41. The van der Waals surface area contributed by atoms with Gasteiger partial charge in [0.1, 0.15) is 0 Å². The van der Waals surface area contributed by atoms with Gasteiger partial charge in [0.05, 0.1) is 11.5 Å². The molecular weight excluding hydrogens is 270 g/mol. The summed E-state index contributed by atoms with van der Waals surface area (Å²) in [6.45, 7) is 8.09. The lowest BCUT2D eigenvalue weighted by molar-refractivity contribution is -0.126. The second-order valence-corrected chi connectivity index (χ2v) is 6.28. The van der Waals surface area contributed by atoms with Gasteiger partial charge in [-0.3, -0.25) is 4.79 Å². The van der Waals surface area contributed by atoms with Crippen LogP contribution in [0.4, 0.5) is 0 Å². The van der Waals surface area contributed by atoms with E-state index in [1.165, 1.54) is 5.56 Å². The van der Waals surface area contributed by atoms with E-state index in [0.717, 1.165) is 17.5 Å². The number of hydrogen-bond donors (Lipinski definition) is 1. The molecule has 0 fully saturated rings. The monoisotopic (exact) mass is 295 g/mol. The molecule has 116 valence electrons. The van der Waals surface area contributed by atoms with Crippen molar-refractivity contribution in [2.75, 3.05) is 0 Å². The molecule has 0 radical (unpaired) electrons. The summed E-state index contributed by atoms with van der Waals surface area (Å²) in [7, 11) is 0. The zero-order valence-corrected chi connectivity index (χ0v) is 13.9. The summed E-state index contributed by atoms with van der Waals surface area (Å²) in [5, 5.41) is 3.13. The number of benzene rings is 2. The van der Waals surface area contributed by atoms with Crippen molar-refractivity contribution >= 4 is 5.91 Å². The van der Waals surface area contributed by atoms with E-state index in [0.29, 0.717) is 0 Å². The number of nitrogens with one attached hydrogen (secondary N) is 1. The Morgan fingerprint density at radius 1 is 1.05 bits per heavy atom. The van der Waals surface area contributed by atoms with E-state index >= 15 is 0 Å². The molecule has 2 aromatic carbocycles. The van der Waals surface area contributed by atoms with E-state index < -0.39 is 5.41 Å². The minimum atomic E-state index is -0.543. The van der Waals surface area contributed by atoms with E-state index in [-0.39, 0.29) is 11.9 Å². The summed E-state index contributed by atoms with van der Waals surface area (Å²) in [5.41, 5.74) is 2.93. The average Bonchev–Trinajstić information content (AvgIpc) is 2.55. The normalized spacial score (nSPS) is 12.7. The molecule has 1 unspecified atom stereocenters. The highest BCUT2D eigenvalue weighted by atomic mass is 16.2. The van der Waals surface area contributed by atoms with Crippen LogP contribution in [0.1, 0.15) is 50.4 Å². The maximum atomic E-state index is 12.7. The van der Waals surface area contributed by atoms with E-state index in [1.807, 2.05) is 51.1 Å². The molecule has 2 rings (SSSR count). The quantitative estimate of drug-likeness (QED) is 0.870. The Hall–Kier alpha value is -2.09. The van der Waals surface area contributed by atoms with Crippen LogP contribution in [0.15, 0.2) is 54.6 Å². The van der Waals surface area contributed by atoms with Crippen LogP contribution in [0.3, 0.4) is 0 Å². The van der Waals surface area contributed by atoms with Crippen molar-refractivity contribution in [3.8, 4) is 0 Å². The van der Waals surface area contributed by atoms with Gasteiger partial charge < -0.3 is 5.32 Å². The first-order valence-corrected chi connectivity index (χ1v) is 7.90. The number of amides is 1. The van der Waals surface area contributed by atoms with E-state index in [9.17, 15) is 4.79 Å². The second-order valence-electron chi connectivity index (χ2n) is 6.28. The Labute approximate surface area is 133 Å². The molecule has 0 heterocycles. The fraction of sp³-hybridized carbons (Fsp3) is 0.350. The summed E-state index contributed by atoms with van der Waals surface area (Å²) < 4.78 is 0. The predicted molar refractivity (Wildman–Crippen MR) is 91.8 cm³/mol. The molecule has 0 aliphatic heterocycles. The first-order valence-electron chi connectivity index (χ1n) is 7.90.